The molecule has 0 saturated heterocycles. The second-order valence-electron chi connectivity index (χ2n) is 11.1. The van der Waals surface area contributed by atoms with Crippen LogP contribution in [0.25, 0.3) is 55.8 Å². The van der Waals surface area contributed by atoms with E-state index >= 15 is 4.39 Å². The molecule has 0 aliphatic heterocycles. The van der Waals surface area contributed by atoms with Gasteiger partial charge in [0.2, 0.25) is 15.9 Å². The second kappa shape index (κ2) is 11.1. The van der Waals surface area contributed by atoms with Crippen molar-refractivity contribution in [3.63, 3.8) is 0 Å². The van der Waals surface area contributed by atoms with Crippen molar-refractivity contribution in [3.8, 4) is 33.8 Å². The molecular weight excluding hydrogens is 602 g/mol. The van der Waals surface area contributed by atoms with Crippen LogP contribution in [0.3, 0.4) is 0 Å². The van der Waals surface area contributed by atoms with Crippen LogP contribution < -0.4 is 10.0 Å². The fraction of sp³-hybridized carbons (Fsp3) is 0.194. The number of nitrogens with one attached hydrogen (secondary N) is 4. The number of aromatic amines is 2. The van der Waals surface area contributed by atoms with Crippen molar-refractivity contribution in [1.82, 2.24) is 34.9 Å². The van der Waals surface area contributed by atoms with Gasteiger partial charge in [-0.3, -0.25) is 14.9 Å². The molecule has 1 fully saturated rings. The van der Waals surface area contributed by atoms with Crippen LogP contribution in [0.1, 0.15) is 24.8 Å². The molecule has 0 radical (unpaired) electrons. The van der Waals surface area contributed by atoms with Crippen molar-refractivity contribution in [2.24, 2.45) is 5.92 Å². The number of nitrogens with zero attached hydrogens (tertiary/aromatic N) is 4. The molecule has 6 aromatic rings. The topological polar surface area (TPSA) is 158 Å². The third-order valence-electron chi connectivity index (χ3n) is 7.87. The minimum Gasteiger partial charge on any atom is -0.335 e. The van der Waals surface area contributed by atoms with Gasteiger partial charge in [0.05, 0.1) is 29.2 Å². The molecule has 1 saturated carbocycles. The summed E-state index contributed by atoms with van der Waals surface area (Å²) in [4.78, 5) is 28.9. The number of imidazole rings is 1. The van der Waals surface area contributed by atoms with Crippen LogP contribution in [0.2, 0.25) is 0 Å². The van der Waals surface area contributed by atoms with E-state index in [2.05, 4.69) is 40.2 Å². The van der Waals surface area contributed by atoms with Crippen molar-refractivity contribution >= 4 is 43.7 Å². The van der Waals surface area contributed by atoms with Crippen LogP contribution >= 0.6 is 0 Å². The van der Waals surface area contributed by atoms with E-state index in [1.54, 1.807) is 30.5 Å². The number of benzene rings is 2. The van der Waals surface area contributed by atoms with Crippen molar-refractivity contribution < 1.29 is 22.0 Å². The number of pyridine rings is 2. The molecule has 0 spiro atoms. The first kappa shape index (κ1) is 28.7. The minimum atomic E-state index is -3.47. The molecule has 228 valence electrons. The zero-order valence-electron chi connectivity index (χ0n) is 23.9. The zero-order chi connectivity index (χ0) is 31.3. The fourth-order valence-corrected chi connectivity index (χ4v) is 5.83. The molecule has 11 nitrogen and oxygen atoms in total. The minimum absolute atomic E-state index is 0.00565. The molecule has 2 aromatic carbocycles. The van der Waals surface area contributed by atoms with E-state index in [4.69, 9.17) is 0 Å². The Hall–Kier alpha value is -5.08. The second-order valence-corrected chi connectivity index (χ2v) is 12.9. The van der Waals surface area contributed by atoms with Crippen LogP contribution in [-0.2, 0) is 21.4 Å². The summed E-state index contributed by atoms with van der Waals surface area (Å²) >= 11 is 0. The third-order valence-corrected chi connectivity index (χ3v) is 8.54. The predicted molar refractivity (Wildman–Crippen MR) is 165 cm³/mol. The monoisotopic (exact) mass is 628 g/mol. The van der Waals surface area contributed by atoms with E-state index in [1.807, 2.05) is 0 Å². The number of rotatable bonds is 8. The number of fused-ring (bicyclic) bond motifs is 2. The Bertz CT molecular complexity index is 2230. The van der Waals surface area contributed by atoms with Gasteiger partial charge < -0.3 is 10.3 Å². The summed E-state index contributed by atoms with van der Waals surface area (Å²) in [6.07, 6.45) is 8.39. The summed E-state index contributed by atoms with van der Waals surface area (Å²) in [6.45, 7) is -0.0739. The molecule has 7 rings (SSSR count). The summed E-state index contributed by atoms with van der Waals surface area (Å²) in [6, 6.07) is 10.7. The molecule has 14 heteroatoms. The first-order valence-corrected chi connectivity index (χ1v) is 16.0. The van der Waals surface area contributed by atoms with Gasteiger partial charge >= 0.3 is 0 Å². The first-order chi connectivity index (χ1) is 21.6. The molecule has 4 N–H and O–H groups in total. The molecule has 4 aromatic heterocycles. The molecule has 1 aliphatic rings. The highest BCUT2D eigenvalue weighted by molar-refractivity contribution is 7.88. The van der Waals surface area contributed by atoms with Crippen LogP contribution in [0, 0.1) is 17.6 Å². The van der Waals surface area contributed by atoms with E-state index in [1.165, 1.54) is 30.6 Å². The quantitative estimate of drug-likeness (QED) is 0.178. The van der Waals surface area contributed by atoms with Crippen molar-refractivity contribution in [2.45, 2.75) is 25.8 Å². The Kier molecular flexibility index (Phi) is 7.09. The van der Waals surface area contributed by atoms with E-state index in [-0.39, 0.29) is 23.9 Å². The Morgan fingerprint density at radius 3 is 2.67 bits per heavy atom. The average molecular weight is 629 g/mol. The number of carbonyl (C=O) groups is 1. The van der Waals surface area contributed by atoms with Crippen molar-refractivity contribution in [2.75, 3.05) is 11.6 Å². The van der Waals surface area contributed by atoms with Crippen LogP contribution in [0.4, 0.5) is 14.5 Å². The van der Waals surface area contributed by atoms with E-state index in [9.17, 15) is 17.6 Å². The Morgan fingerprint density at radius 2 is 1.89 bits per heavy atom. The number of sulfonamides is 1. The lowest BCUT2D eigenvalue weighted by Crippen LogP contribution is -2.28. The van der Waals surface area contributed by atoms with E-state index in [0.29, 0.717) is 61.5 Å². The fourth-order valence-electron chi connectivity index (χ4n) is 5.40. The molecule has 0 bridgehead atoms. The Labute approximate surface area is 255 Å². The van der Waals surface area contributed by atoms with Gasteiger partial charge in [-0.15, -0.1) is 0 Å². The summed E-state index contributed by atoms with van der Waals surface area (Å²) < 4.78 is 55.4. The highest BCUT2D eigenvalue weighted by Gasteiger charge is 2.25. The lowest BCUT2D eigenvalue weighted by molar-refractivity contribution is -0.122. The van der Waals surface area contributed by atoms with Gasteiger partial charge in [-0.1, -0.05) is 6.42 Å². The number of aromatic nitrogens is 6. The highest BCUT2D eigenvalue weighted by atomic mass is 32.2. The number of halogens is 2. The summed E-state index contributed by atoms with van der Waals surface area (Å²) in [5.74, 6) is -0.747. The van der Waals surface area contributed by atoms with Gasteiger partial charge in [-0.25, -0.2) is 31.9 Å². The van der Waals surface area contributed by atoms with Gasteiger partial charge in [-0.2, -0.15) is 5.10 Å². The third kappa shape index (κ3) is 5.77. The highest BCUT2D eigenvalue weighted by Crippen LogP contribution is 2.35. The van der Waals surface area contributed by atoms with Gasteiger partial charge in [0.15, 0.2) is 11.5 Å². The lowest BCUT2D eigenvalue weighted by Gasteiger charge is -2.24. The predicted octanol–water partition coefficient (Wildman–Crippen LogP) is 5.30. The summed E-state index contributed by atoms with van der Waals surface area (Å²) in [5, 5.41) is 10.7. The largest absolute Gasteiger partial charge is 0.335 e. The van der Waals surface area contributed by atoms with Crippen LogP contribution in [0.5, 0.6) is 0 Å². The molecule has 4 heterocycles. The lowest BCUT2D eigenvalue weighted by atomic mass is 9.85. The van der Waals surface area contributed by atoms with Gasteiger partial charge in [0, 0.05) is 53.0 Å². The Balaban J connectivity index is 1.25. The smallest absolute Gasteiger partial charge is 0.227 e. The van der Waals surface area contributed by atoms with Crippen molar-refractivity contribution in [3.05, 3.63) is 78.3 Å². The van der Waals surface area contributed by atoms with Crippen molar-refractivity contribution in [1.29, 1.82) is 0 Å². The molecule has 1 aliphatic carbocycles. The summed E-state index contributed by atoms with van der Waals surface area (Å²) in [7, 11) is -3.47. The van der Waals surface area contributed by atoms with Gasteiger partial charge in [0.1, 0.15) is 17.3 Å². The molecule has 1 amide bonds. The number of H-pyrrole nitrogens is 2. The Morgan fingerprint density at radius 1 is 1.04 bits per heavy atom. The molecule has 0 atom stereocenters. The maximum atomic E-state index is 15.3. The van der Waals surface area contributed by atoms with Gasteiger partial charge in [-0.05, 0) is 60.4 Å². The molecular formula is C31H26F2N8O3S. The molecule has 0 unspecified atom stereocenters. The van der Waals surface area contributed by atoms with E-state index < -0.39 is 21.7 Å². The van der Waals surface area contributed by atoms with E-state index in [0.717, 1.165) is 25.5 Å². The number of hydrogen-bond acceptors (Lipinski definition) is 7. The first-order valence-electron chi connectivity index (χ1n) is 14.1. The number of anilines is 1. The standard InChI is InChI=1S/C31H26F2N8O3S/c1-45(43,44)36-13-16-7-18(9-20(32)8-16)22-5-6-35-29-27(22)38-30(39-29)28-24-11-23(25(33)12-26(24)40-41-28)19-10-21(15-34-14-19)37-31(42)17-3-2-4-17/h5-12,14-15,17,36H,2-4,13H2,1H3,(H,37,42)(H,40,41)(H,35,38,39). The average Bonchev–Trinajstić information content (AvgIpc) is 3.58. The van der Waals surface area contributed by atoms with Crippen LogP contribution in [-0.4, -0.2) is 50.7 Å². The number of hydrogen-bond donors (Lipinski definition) is 4. The maximum Gasteiger partial charge on any atom is 0.227 e. The van der Waals surface area contributed by atoms with Crippen LogP contribution in [0.15, 0.2) is 61.1 Å². The zero-order valence-corrected chi connectivity index (χ0v) is 24.7. The van der Waals surface area contributed by atoms with Gasteiger partial charge in [0.25, 0.3) is 0 Å². The number of amides is 1. The SMILES string of the molecule is CS(=O)(=O)NCc1cc(F)cc(-c2ccnc3nc(-c4n[nH]c5cc(F)c(-c6cncc(NC(=O)C7CCC7)c6)cc45)[nH]c23)c1. The normalized spacial score (nSPS) is 13.8. The summed E-state index contributed by atoms with van der Waals surface area (Å²) in [5.41, 5.74) is 4.47. The maximum absolute atomic E-state index is 15.3. The molecule has 45 heavy (non-hydrogen) atoms. The number of carbonyl (C=O) groups excluding carboxylic acids is 1.